The first-order valence-corrected chi connectivity index (χ1v) is 10.6. The van der Waals surface area contributed by atoms with Crippen LogP contribution < -0.4 is 0 Å². The summed E-state index contributed by atoms with van der Waals surface area (Å²) < 4.78 is 0.939. The van der Waals surface area contributed by atoms with Crippen molar-refractivity contribution in [1.82, 2.24) is 9.88 Å². The fraction of sp³-hybridized carbons (Fsp3) is 0.273. The highest BCUT2D eigenvalue weighted by Crippen LogP contribution is 2.36. The number of aromatic amines is 1. The van der Waals surface area contributed by atoms with E-state index in [4.69, 9.17) is 9.83 Å². The van der Waals surface area contributed by atoms with Crippen molar-refractivity contribution in [1.29, 1.82) is 0 Å². The summed E-state index contributed by atoms with van der Waals surface area (Å²) in [6, 6.07) is 13.7. The second kappa shape index (κ2) is 7.65. The van der Waals surface area contributed by atoms with Crippen molar-refractivity contribution in [3.05, 3.63) is 58.1 Å². The van der Waals surface area contributed by atoms with Gasteiger partial charge in [0, 0.05) is 22.0 Å². The quantitative estimate of drug-likeness (QED) is 0.439. The van der Waals surface area contributed by atoms with Crippen molar-refractivity contribution in [2.45, 2.75) is 12.8 Å². The lowest BCUT2D eigenvalue weighted by Gasteiger charge is -2.13. The van der Waals surface area contributed by atoms with Gasteiger partial charge < -0.3 is 14.9 Å². The Morgan fingerprint density at radius 2 is 2.00 bits per heavy atom. The molecule has 1 aromatic heterocycles. The zero-order valence-electron chi connectivity index (χ0n) is 15.9. The Kier molecular flexibility index (Phi) is 4.85. The summed E-state index contributed by atoms with van der Waals surface area (Å²) in [7, 11) is 0. The molecule has 1 saturated heterocycles. The zero-order valence-corrected chi connectivity index (χ0v) is 17.4. The van der Waals surface area contributed by atoms with Crippen LogP contribution in [0.4, 0.5) is 5.69 Å². The van der Waals surface area contributed by atoms with Crippen molar-refractivity contribution in [2.24, 2.45) is 10.1 Å². The number of benzene rings is 2. The monoisotopic (exact) mass is 452 g/mol. The third kappa shape index (κ3) is 3.45. The lowest BCUT2D eigenvalue weighted by Crippen LogP contribution is -2.23. The zero-order chi connectivity index (χ0) is 19.8. The minimum atomic E-state index is 0.0782. The number of hydrogen-bond donors (Lipinski definition) is 2. The van der Waals surface area contributed by atoms with Gasteiger partial charge in [-0.1, -0.05) is 45.4 Å². The fourth-order valence-electron chi connectivity index (χ4n) is 4.02. The molecule has 29 heavy (non-hydrogen) atoms. The second-order valence-corrected chi connectivity index (χ2v) is 8.25. The molecule has 0 unspecified atom stereocenters. The van der Waals surface area contributed by atoms with Crippen LogP contribution in [-0.4, -0.2) is 52.7 Å². The predicted molar refractivity (Wildman–Crippen MR) is 118 cm³/mol. The van der Waals surface area contributed by atoms with Gasteiger partial charge in [-0.05, 0) is 44.1 Å². The third-order valence-electron chi connectivity index (χ3n) is 5.45. The number of hydrogen-bond acceptors (Lipinski definition) is 5. The molecule has 0 aliphatic carbocycles. The summed E-state index contributed by atoms with van der Waals surface area (Å²) in [6.07, 6.45) is 2.52. The highest BCUT2D eigenvalue weighted by Gasteiger charge is 2.29. The number of fused-ring (bicyclic) bond motifs is 2. The molecule has 0 spiro atoms. The maximum absolute atomic E-state index is 10.6. The Hall–Kier alpha value is -2.64. The van der Waals surface area contributed by atoms with Crippen molar-refractivity contribution in [3.8, 4) is 5.88 Å². The molecule has 0 saturated carbocycles. The normalized spacial score (nSPS) is 17.8. The van der Waals surface area contributed by atoms with Crippen LogP contribution in [0.3, 0.4) is 0 Å². The van der Waals surface area contributed by atoms with Gasteiger partial charge in [0.2, 0.25) is 0 Å². The maximum Gasteiger partial charge on any atom is 0.199 e. The predicted octanol–water partition coefficient (Wildman–Crippen LogP) is 4.59. The van der Waals surface area contributed by atoms with Gasteiger partial charge in [0.1, 0.15) is 18.0 Å². The number of oxime groups is 1. The molecule has 0 amide bonds. The molecule has 2 aliphatic rings. The van der Waals surface area contributed by atoms with Gasteiger partial charge in [-0.3, -0.25) is 4.90 Å². The summed E-state index contributed by atoms with van der Waals surface area (Å²) >= 11 is 3.48. The van der Waals surface area contributed by atoms with Gasteiger partial charge in [0.05, 0.1) is 16.8 Å². The van der Waals surface area contributed by atoms with Crippen LogP contribution in [0.15, 0.2) is 57.1 Å². The molecule has 1 fully saturated rings. The number of H-pyrrole nitrogens is 1. The Morgan fingerprint density at radius 1 is 1.17 bits per heavy atom. The van der Waals surface area contributed by atoms with Crippen LogP contribution in [0, 0.1) is 0 Å². The number of aromatic hydroxyl groups is 1. The van der Waals surface area contributed by atoms with Gasteiger partial charge in [-0.2, -0.15) is 0 Å². The SMILES string of the molecule is Oc1[nH]c2cc(Br)ccc2c1C1=Nc2ccccc2C1=NOCCN1CCCC1. The molecule has 3 aromatic rings. The molecular formula is C22H21BrN4O2. The summed E-state index contributed by atoms with van der Waals surface area (Å²) in [5.41, 5.74) is 4.50. The highest BCUT2D eigenvalue weighted by atomic mass is 79.9. The van der Waals surface area contributed by atoms with E-state index in [1.54, 1.807) is 0 Å². The smallest absolute Gasteiger partial charge is 0.199 e. The number of halogens is 1. The average molecular weight is 453 g/mol. The van der Waals surface area contributed by atoms with Gasteiger partial charge in [-0.25, -0.2) is 4.99 Å². The van der Waals surface area contributed by atoms with E-state index in [1.807, 2.05) is 42.5 Å². The number of aromatic nitrogens is 1. The summed E-state index contributed by atoms with van der Waals surface area (Å²) in [5.74, 6) is 0.0782. The first-order chi connectivity index (χ1) is 14.2. The lowest BCUT2D eigenvalue weighted by molar-refractivity contribution is 0.119. The van der Waals surface area contributed by atoms with Crippen molar-refractivity contribution >= 4 is 43.9 Å². The third-order valence-corrected chi connectivity index (χ3v) is 5.94. The van der Waals surface area contributed by atoms with Crippen LogP contribution in [-0.2, 0) is 4.84 Å². The lowest BCUT2D eigenvalue weighted by atomic mass is 10.0. The molecule has 0 radical (unpaired) electrons. The molecule has 0 bridgehead atoms. The minimum absolute atomic E-state index is 0.0782. The number of rotatable bonds is 5. The second-order valence-electron chi connectivity index (χ2n) is 7.34. The Bertz CT molecular complexity index is 1130. The summed E-state index contributed by atoms with van der Waals surface area (Å²) in [5, 5.41) is 16.0. The van der Waals surface area contributed by atoms with E-state index in [-0.39, 0.29) is 5.88 Å². The first kappa shape index (κ1) is 18.4. The Morgan fingerprint density at radius 3 is 2.86 bits per heavy atom. The maximum atomic E-state index is 10.6. The van der Waals surface area contributed by atoms with Crippen LogP contribution in [0.5, 0.6) is 5.88 Å². The molecule has 2 N–H and O–H groups in total. The van der Waals surface area contributed by atoms with Crippen molar-refractivity contribution in [3.63, 3.8) is 0 Å². The van der Waals surface area contributed by atoms with Crippen LogP contribution in [0.2, 0.25) is 0 Å². The number of nitrogens with zero attached hydrogens (tertiary/aromatic N) is 3. The number of aliphatic imine (C=N–C) groups is 1. The molecule has 2 aliphatic heterocycles. The standard InChI is InChI=1S/C22H21BrN4O2/c23-14-7-8-15-18(13-14)25-22(28)19(15)21-20(16-5-1-2-6-17(16)24-21)26-29-12-11-27-9-3-4-10-27/h1-2,5-8,13,25,28H,3-4,9-12H2. The van der Waals surface area contributed by atoms with Crippen molar-refractivity contribution in [2.75, 3.05) is 26.2 Å². The number of nitrogens with one attached hydrogen (secondary N) is 1. The van der Waals surface area contributed by atoms with E-state index in [0.29, 0.717) is 23.6 Å². The van der Waals surface area contributed by atoms with E-state index in [2.05, 4.69) is 31.0 Å². The largest absolute Gasteiger partial charge is 0.494 e. The van der Waals surface area contributed by atoms with Gasteiger partial charge in [0.25, 0.3) is 0 Å². The summed E-state index contributed by atoms with van der Waals surface area (Å²) in [4.78, 5) is 15.9. The van der Waals surface area contributed by atoms with Crippen molar-refractivity contribution < 1.29 is 9.94 Å². The average Bonchev–Trinajstić information content (AvgIpc) is 3.42. The Labute approximate surface area is 177 Å². The van der Waals surface area contributed by atoms with Crippen LogP contribution in [0.1, 0.15) is 24.0 Å². The first-order valence-electron chi connectivity index (χ1n) is 9.82. The molecule has 7 heteroatoms. The molecule has 6 nitrogen and oxygen atoms in total. The van der Waals surface area contributed by atoms with E-state index in [9.17, 15) is 5.11 Å². The van der Waals surface area contributed by atoms with E-state index in [0.717, 1.165) is 46.3 Å². The van der Waals surface area contributed by atoms with E-state index in [1.165, 1.54) is 12.8 Å². The molecule has 5 rings (SSSR count). The number of likely N-dealkylation sites (tertiary alicyclic amines) is 1. The van der Waals surface area contributed by atoms with Gasteiger partial charge in [-0.15, -0.1) is 0 Å². The molecular weight excluding hydrogens is 432 g/mol. The van der Waals surface area contributed by atoms with Crippen LogP contribution in [0.25, 0.3) is 10.9 Å². The van der Waals surface area contributed by atoms with Gasteiger partial charge in [0.15, 0.2) is 5.88 Å². The molecule has 2 aromatic carbocycles. The fourth-order valence-corrected chi connectivity index (χ4v) is 4.38. The summed E-state index contributed by atoms with van der Waals surface area (Å²) in [6.45, 7) is 3.67. The van der Waals surface area contributed by atoms with Gasteiger partial charge >= 0.3 is 0 Å². The minimum Gasteiger partial charge on any atom is -0.494 e. The number of para-hydroxylation sites is 1. The Balaban J connectivity index is 1.49. The van der Waals surface area contributed by atoms with E-state index >= 15 is 0 Å². The topological polar surface area (TPSA) is 73.2 Å². The molecule has 148 valence electrons. The van der Waals surface area contributed by atoms with E-state index < -0.39 is 0 Å². The van der Waals surface area contributed by atoms with Crippen LogP contribution >= 0.6 is 15.9 Å². The highest BCUT2D eigenvalue weighted by molar-refractivity contribution is 9.10. The molecule has 0 atom stereocenters. The molecule has 3 heterocycles.